The predicted molar refractivity (Wildman–Crippen MR) is 122 cm³/mol. The first-order valence-corrected chi connectivity index (χ1v) is 11.1. The van der Waals surface area contributed by atoms with E-state index in [1.54, 1.807) is 24.4 Å². The maximum absolute atomic E-state index is 13.3. The molecule has 1 amide bonds. The largest absolute Gasteiger partial charge is 0.480 e. The third-order valence-corrected chi connectivity index (χ3v) is 5.99. The SMILES string of the molecule is CCCC[C@@H](O)[C@H](C(=O)N[C@@H](Cc1c[nH]c2ccccc12)C(=O)O)c1ccc2c(c1)OCO2. The van der Waals surface area contributed by atoms with Gasteiger partial charge in [0.2, 0.25) is 12.7 Å². The van der Waals surface area contributed by atoms with Crippen molar-refractivity contribution in [1.82, 2.24) is 10.3 Å². The molecule has 1 aliphatic heterocycles. The van der Waals surface area contributed by atoms with E-state index in [1.807, 2.05) is 31.2 Å². The summed E-state index contributed by atoms with van der Waals surface area (Å²) in [6.45, 7) is 2.10. The number of para-hydroxylation sites is 1. The number of carbonyl (C=O) groups excluding carboxylic acids is 1. The van der Waals surface area contributed by atoms with Crippen molar-refractivity contribution in [2.75, 3.05) is 6.79 Å². The molecule has 4 rings (SSSR count). The minimum atomic E-state index is -1.15. The Bertz CT molecular complexity index is 1140. The van der Waals surface area contributed by atoms with Gasteiger partial charge in [0.25, 0.3) is 0 Å². The van der Waals surface area contributed by atoms with E-state index >= 15 is 0 Å². The lowest BCUT2D eigenvalue weighted by molar-refractivity contribution is -0.142. The standard InChI is InChI=1S/C25H28N2O6/c1-2-3-8-20(28)23(15-9-10-21-22(12-15)33-14-32-21)24(29)27-19(25(30)31)11-16-13-26-18-7-5-4-6-17(16)18/h4-7,9-10,12-13,19-20,23,26,28H,2-3,8,11,14H2,1H3,(H,27,29)(H,30,31)/t19-,20+,23+/m0/s1. The highest BCUT2D eigenvalue weighted by molar-refractivity contribution is 5.90. The van der Waals surface area contributed by atoms with Crippen LogP contribution in [0, 0.1) is 0 Å². The van der Waals surface area contributed by atoms with Gasteiger partial charge in [-0.3, -0.25) is 4.79 Å². The zero-order valence-electron chi connectivity index (χ0n) is 18.4. The van der Waals surface area contributed by atoms with E-state index in [9.17, 15) is 19.8 Å². The van der Waals surface area contributed by atoms with Crippen molar-refractivity contribution in [2.24, 2.45) is 0 Å². The highest BCUT2D eigenvalue weighted by Crippen LogP contribution is 2.36. The molecule has 0 fully saturated rings. The van der Waals surface area contributed by atoms with E-state index < -0.39 is 29.9 Å². The van der Waals surface area contributed by atoms with Crippen molar-refractivity contribution in [3.63, 3.8) is 0 Å². The molecule has 174 valence electrons. The summed E-state index contributed by atoms with van der Waals surface area (Å²) in [5.74, 6) is -1.54. The number of nitrogens with one attached hydrogen (secondary N) is 2. The smallest absolute Gasteiger partial charge is 0.326 e. The second kappa shape index (κ2) is 9.95. The van der Waals surface area contributed by atoms with Gasteiger partial charge in [0.15, 0.2) is 11.5 Å². The number of carboxylic acid groups (broad SMARTS) is 1. The van der Waals surface area contributed by atoms with Crippen molar-refractivity contribution in [3.8, 4) is 11.5 Å². The Kier molecular flexibility index (Phi) is 6.84. The van der Waals surface area contributed by atoms with E-state index in [2.05, 4.69) is 10.3 Å². The second-order valence-electron chi connectivity index (χ2n) is 8.26. The number of unbranched alkanes of at least 4 members (excludes halogenated alkanes) is 1. The first kappa shape index (κ1) is 22.7. The molecule has 0 spiro atoms. The number of carbonyl (C=O) groups is 2. The molecule has 3 atom stereocenters. The van der Waals surface area contributed by atoms with Gasteiger partial charge in [-0.05, 0) is 35.7 Å². The van der Waals surface area contributed by atoms with E-state index in [1.165, 1.54) is 0 Å². The average molecular weight is 453 g/mol. The Labute approximate surface area is 191 Å². The van der Waals surface area contributed by atoms with Gasteiger partial charge in [0.05, 0.1) is 12.0 Å². The topological polar surface area (TPSA) is 121 Å². The summed E-state index contributed by atoms with van der Waals surface area (Å²) in [5, 5.41) is 24.3. The molecule has 8 nitrogen and oxygen atoms in total. The number of aliphatic hydroxyl groups excluding tert-OH is 1. The van der Waals surface area contributed by atoms with Gasteiger partial charge in [-0.15, -0.1) is 0 Å². The molecule has 1 aromatic heterocycles. The van der Waals surface area contributed by atoms with Crippen molar-refractivity contribution >= 4 is 22.8 Å². The summed E-state index contributed by atoms with van der Waals surface area (Å²) < 4.78 is 10.8. The van der Waals surface area contributed by atoms with Gasteiger partial charge in [-0.25, -0.2) is 4.79 Å². The van der Waals surface area contributed by atoms with Gasteiger partial charge in [0.1, 0.15) is 6.04 Å². The Morgan fingerprint density at radius 3 is 2.73 bits per heavy atom. The molecule has 0 bridgehead atoms. The molecule has 0 unspecified atom stereocenters. The van der Waals surface area contributed by atoms with Gasteiger partial charge in [0, 0.05) is 23.5 Å². The fourth-order valence-corrected chi connectivity index (χ4v) is 4.22. The van der Waals surface area contributed by atoms with Crippen LogP contribution in [0.15, 0.2) is 48.7 Å². The molecule has 3 aromatic rings. The Morgan fingerprint density at radius 2 is 1.94 bits per heavy atom. The quantitative estimate of drug-likeness (QED) is 0.374. The van der Waals surface area contributed by atoms with E-state index in [0.717, 1.165) is 29.3 Å². The summed E-state index contributed by atoms with van der Waals surface area (Å²) in [6, 6.07) is 11.5. The number of amides is 1. The maximum Gasteiger partial charge on any atom is 0.326 e. The van der Waals surface area contributed by atoms with Crippen LogP contribution < -0.4 is 14.8 Å². The fraction of sp³-hybridized carbons (Fsp3) is 0.360. The summed E-state index contributed by atoms with van der Waals surface area (Å²) in [4.78, 5) is 28.5. The molecule has 0 saturated carbocycles. The molecule has 2 heterocycles. The highest BCUT2D eigenvalue weighted by atomic mass is 16.7. The zero-order valence-corrected chi connectivity index (χ0v) is 18.4. The lowest BCUT2D eigenvalue weighted by Crippen LogP contribution is -2.46. The number of aromatic amines is 1. The van der Waals surface area contributed by atoms with E-state index in [-0.39, 0.29) is 13.2 Å². The van der Waals surface area contributed by atoms with Crippen LogP contribution in [0.3, 0.4) is 0 Å². The minimum absolute atomic E-state index is 0.0970. The maximum atomic E-state index is 13.3. The first-order chi connectivity index (χ1) is 16.0. The first-order valence-electron chi connectivity index (χ1n) is 11.1. The molecule has 0 radical (unpaired) electrons. The second-order valence-corrected chi connectivity index (χ2v) is 8.26. The number of hydrogen-bond donors (Lipinski definition) is 4. The number of fused-ring (bicyclic) bond motifs is 2. The fourth-order valence-electron chi connectivity index (χ4n) is 4.22. The number of rotatable bonds is 10. The van der Waals surface area contributed by atoms with Crippen LogP contribution in [0.4, 0.5) is 0 Å². The number of aromatic nitrogens is 1. The number of hydrogen-bond acceptors (Lipinski definition) is 5. The number of carboxylic acids is 1. The molecule has 2 aromatic carbocycles. The molecule has 0 aliphatic carbocycles. The van der Waals surface area contributed by atoms with Crippen LogP contribution in [0.1, 0.15) is 43.2 Å². The normalized spacial score (nSPS) is 15.2. The number of benzene rings is 2. The van der Waals surface area contributed by atoms with Crippen LogP contribution in [0.2, 0.25) is 0 Å². The van der Waals surface area contributed by atoms with Gasteiger partial charge < -0.3 is 30.0 Å². The number of H-pyrrole nitrogens is 1. The van der Waals surface area contributed by atoms with Crippen LogP contribution in [0.25, 0.3) is 10.9 Å². The lowest BCUT2D eigenvalue weighted by atomic mass is 9.89. The van der Waals surface area contributed by atoms with Crippen LogP contribution >= 0.6 is 0 Å². The van der Waals surface area contributed by atoms with Crippen molar-refractivity contribution in [1.29, 1.82) is 0 Å². The van der Waals surface area contributed by atoms with Crippen molar-refractivity contribution in [2.45, 2.75) is 50.7 Å². The Balaban J connectivity index is 1.58. The van der Waals surface area contributed by atoms with Gasteiger partial charge in [-0.2, -0.15) is 0 Å². The van der Waals surface area contributed by atoms with Crippen LogP contribution in [-0.2, 0) is 16.0 Å². The molecule has 8 heteroatoms. The molecule has 0 saturated heterocycles. The van der Waals surface area contributed by atoms with Gasteiger partial charge >= 0.3 is 5.97 Å². The van der Waals surface area contributed by atoms with E-state index in [0.29, 0.717) is 23.5 Å². The number of ether oxygens (including phenoxy) is 2. The average Bonchev–Trinajstić information content (AvgIpc) is 3.44. The molecule has 1 aliphatic rings. The molecule has 4 N–H and O–H groups in total. The summed E-state index contributed by atoms with van der Waals surface area (Å²) >= 11 is 0. The number of aliphatic hydroxyl groups is 1. The van der Waals surface area contributed by atoms with Crippen LogP contribution in [0.5, 0.6) is 11.5 Å². The van der Waals surface area contributed by atoms with E-state index in [4.69, 9.17) is 9.47 Å². The van der Waals surface area contributed by atoms with Crippen LogP contribution in [-0.4, -0.2) is 46.0 Å². The Morgan fingerprint density at radius 1 is 1.15 bits per heavy atom. The summed E-state index contributed by atoms with van der Waals surface area (Å²) in [7, 11) is 0. The minimum Gasteiger partial charge on any atom is -0.480 e. The molecule has 33 heavy (non-hydrogen) atoms. The van der Waals surface area contributed by atoms with Crippen molar-refractivity contribution in [3.05, 3.63) is 59.8 Å². The zero-order chi connectivity index (χ0) is 23.4. The molecular formula is C25H28N2O6. The van der Waals surface area contributed by atoms with Crippen molar-refractivity contribution < 1.29 is 29.3 Å². The Hall–Kier alpha value is -3.52. The number of aliphatic carboxylic acids is 1. The third-order valence-electron chi connectivity index (χ3n) is 5.99. The third kappa shape index (κ3) is 4.96. The monoisotopic (exact) mass is 452 g/mol. The van der Waals surface area contributed by atoms with Gasteiger partial charge in [-0.1, -0.05) is 44.0 Å². The predicted octanol–water partition coefficient (Wildman–Crippen LogP) is 3.34. The highest BCUT2D eigenvalue weighted by Gasteiger charge is 2.33. The summed E-state index contributed by atoms with van der Waals surface area (Å²) in [5.41, 5.74) is 2.25. The summed E-state index contributed by atoms with van der Waals surface area (Å²) in [6.07, 6.45) is 2.94. The lowest BCUT2D eigenvalue weighted by Gasteiger charge is -2.25. The molecular weight excluding hydrogens is 424 g/mol.